The Labute approximate surface area is 113 Å². The van der Waals surface area contributed by atoms with Crippen LogP contribution in [0.15, 0.2) is 54.6 Å². The van der Waals surface area contributed by atoms with E-state index in [1.165, 1.54) is 5.56 Å². The SMILES string of the molecule is C(=C\c1ccc2c(c1)OCO2)/CCc1ccccc1. The van der Waals surface area contributed by atoms with Crippen molar-refractivity contribution in [1.82, 2.24) is 0 Å². The van der Waals surface area contributed by atoms with E-state index in [0.29, 0.717) is 6.79 Å². The van der Waals surface area contributed by atoms with Crippen LogP contribution in [0.2, 0.25) is 0 Å². The molecule has 2 heteroatoms. The second-order valence-corrected chi connectivity index (χ2v) is 4.54. The summed E-state index contributed by atoms with van der Waals surface area (Å²) >= 11 is 0. The maximum absolute atomic E-state index is 5.36. The summed E-state index contributed by atoms with van der Waals surface area (Å²) in [5.74, 6) is 1.67. The van der Waals surface area contributed by atoms with Gasteiger partial charge in [0.25, 0.3) is 0 Å². The molecule has 0 bridgehead atoms. The van der Waals surface area contributed by atoms with E-state index in [9.17, 15) is 0 Å². The minimum atomic E-state index is 0.330. The Hall–Kier alpha value is -2.22. The van der Waals surface area contributed by atoms with Gasteiger partial charge in [-0.1, -0.05) is 48.6 Å². The summed E-state index contributed by atoms with van der Waals surface area (Å²) < 4.78 is 10.6. The van der Waals surface area contributed by atoms with Gasteiger partial charge < -0.3 is 9.47 Å². The highest BCUT2D eigenvalue weighted by Gasteiger charge is 2.11. The van der Waals surface area contributed by atoms with Crippen molar-refractivity contribution in [2.45, 2.75) is 12.8 Å². The number of ether oxygens (including phenoxy) is 2. The number of hydrogen-bond donors (Lipinski definition) is 0. The van der Waals surface area contributed by atoms with Crippen LogP contribution in [0.3, 0.4) is 0 Å². The number of hydrogen-bond acceptors (Lipinski definition) is 2. The Balaban J connectivity index is 1.58. The summed E-state index contributed by atoms with van der Waals surface area (Å²) in [4.78, 5) is 0. The molecule has 0 N–H and O–H groups in total. The molecule has 3 rings (SSSR count). The van der Waals surface area contributed by atoms with Crippen molar-refractivity contribution >= 4 is 6.08 Å². The van der Waals surface area contributed by atoms with Gasteiger partial charge in [0.2, 0.25) is 6.79 Å². The molecule has 2 aromatic rings. The lowest BCUT2D eigenvalue weighted by molar-refractivity contribution is 0.174. The van der Waals surface area contributed by atoms with Crippen LogP contribution in [0, 0.1) is 0 Å². The largest absolute Gasteiger partial charge is 0.454 e. The summed E-state index contributed by atoms with van der Waals surface area (Å²) in [5.41, 5.74) is 2.52. The summed E-state index contributed by atoms with van der Waals surface area (Å²) in [5, 5.41) is 0. The van der Waals surface area contributed by atoms with Crippen LogP contribution in [0.1, 0.15) is 17.5 Å². The molecule has 0 amide bonds. The average molecular weight is 252 g/mol. The maximum Gasteiger partial charge on any atom is 0.231 e. The van der Waals surface area contributed by atoms with Gasteiger partial charge >= 0.3 is 0 Å². The fourth-order valence-electron chi connectivity index (χ4n) is 2.13. The van der Waals surface area contributed by atoms with E-state index in [4.69, 9.17) is 9.47 Å². The monoisotopic (exact) mass is 252 g/mol. The zero-order valence-electron chi connectivity index (χ0n) is 10.7. The number of fused-ring (bicyclic) bond motifs is 1. The highest BCUT2D eigenvalue weighted by atomic mass is 16.7. The average Bonchev–Trinajstić information content (AvgIpc) is 2.92. The highest BCUT2D eigenvalue weighted by Crippen LogP contribution is 2.32. The molecule has 1 aliphatic rings. The molecule has 19 heavy (non-hydrogen) atoms. The molecule has 0 spiro atoms. The normalized spacial score (nSPS) is 13.1. The maximum atomic E-state index is 5.36. The molecule has 0 aliphatic carbocycles. The Morgan fingerprint density at radius 3 is 2.68 bits per heavy atom. The van der Waals surface area contributed by atoms with Gasteiger partial charge in [0.05, 0.1) is 0 Å². The topological polar surface area (TPSA) is 18.5 Å². The number of benzene rings is 2. The quantitative estimate of drug-likeness (QED) is 0.817. The minimum absolute atomic E-state index is 0.330. The first kappa shape index (κ1) is 11.8. The van der Waals surface area contributed by atoms with Gasteiger partial charge in [-0.3, -0.25) is 0 Å². The van der Waals surface area contributed by atoms with Gasteiger partial charge in [0.1, 0.15) is 0 Å². The number of rotatable bonds is 4. The third kappa shape index (κ3) is 2.97. The van der Waals surface area contributed by atoms with Crippen molar-refractivity contribution in [2.24, 2.45) is 0 Å². The zero-order chi connectivity index (χ0) is 12.9. The second-order valence-electron chi connectivity index (χ2n) is 4.54. The van der Waals surface area contributed by atoms with Crippen molar-refractivity contribution in [1.29, 1.82) is 0 Å². The molecular weight excluding hydrogens is 236 g/mol. The fourth-order valence-corrected chi connectivity index (χ4v) is 2.13. The molecule has 0 saturated heterocycles. The van der Waals surface area contributed by atoms with Crippen LogP contribution in [0.4, 0.5) is 0 Å². The predicted molar refractivity (Wildman–Crippen MR) is 76.4 cm³/mol. The third-order valence-corrected chi connectivity index (χ3v) is 3.15. The van der Waals surface area contributed by atoms with Crippen molar-refractivity contribution in [3.05, 3.63) is 65.7 Å². The summed E-state index contributed by atoms with van der Waals surface area (Å²) in [6, 6.07) is 16.6. The highest BCUT2D eigenvalue weighted by molar-refractivity contribution is 5.56. The van der Waals surface area contributed by atoms with Crippen molar-refractivity contribution < 1.29 is 9.47 Å². The van der Waals surface area contributed by atoms with Crippen molar-refractivity contribution in [2.75, 3.05) is 6.79 Å². The van der Waals surface area contributed by atoms with Crippen molar-refractivity contribution in [3.8, 4) is 11.5 Å². The van der Waals surface area contributed by atoms with E-state index in [1.807, 2.05) is 24.3 Å². The molecule has 0 unspecified atom stereocenters. The molecule has 0 saturated carbocycles. The minimum Gasteiger partial charge on any atom is -0.454 e. The van der Waals surface area contributed by atoms with Crippen LogP contribution >= 0.6 is 0 Å². The predicted octanol–water partition coefficient (Wildman–Crippen LogP) is 4.06. The van der Waals surface area contributed by atoms with E-state index < -0.39 is 0 Å². The van der Waals surface area contributed by atoms with E-state index in [1.54, 1.807) is 0 Å². The smallest absolute Gasteiger partial charge is 0.231 e. The number of aryl methyl sites for hydroxylation is 1. The standard InChI is InChI=1S/C17H16O2/c1-2-6-14(7-3-1)8-4-5-9-15-10-11-16-17(12-15)19-13-18-16/h1-3,5-7,9-12H,4,8,13H2/b9-5+. The fraction of sp³-hybridized carbons (Fsp3) is 0.176. The van der Waals surface area contributed by atoms with Gasteiger partial charge in [-0.25, -0.2) is 0 Å². The molecule has 0 radical (unpaired) electrons. The van der Waals surface area contributed by atoms with Crippen molar-refractivity contribution in [3.63, 3.8) is 0 Å². The van der Waals surface area contributed by atoms with Crippen LogP contribution in [0.25, 0.3) is 6.08 Å². The lowest BCUT2D eigenvalue weighted by atomic mass is 10.1. The third-order valence-electron chi connectivity index (χ3n) is 3.15. The Morgan fingerprint density at radius 2 is 1.79 bits per heavy atom. The Kier molecular flexibility index (Phi) is 3.50. The van der Waals surface area contributed by atoms with E-state index in [0.717, 1.165) is 29.9 Å². The summed E-state index contributed by atoms with van der Waals surface area (Å²) in [6.45, 7) is 0.330. The van der Waals surface area contributed by atoms with Crippen LogP contribution < -0.4 is 9.47 Å². The molecule has 0 aromatic heterocycles. The molecule has 0 fully saturated rings. The van der Waals surface area contributed by atoms with Gasteiger partial charge in [-0.15, -0.1) is 0 Å². The first-order chi connectivity index (χ1) is 9.42. The van der Waals surface area contributed by atoms with Crippen LogP contribution in [-0.4, -0.2) is 6.79 Å². The molecule has 96 valence electrons. The Bertz CT molecular complexity index is 573. The van der Waals surface area contributed by atoms with Crippen LogP contribution in [-0.2, 0) is 6.42 Å². The number of allylic oxidation sites excluding steroid dienone is 1. The lowest BCUT2D eigenvalue weighted by Crippen LogP contribution is -1.92. The van der Waals surface area contributed by atoms with Gasteiger partial charge in [0.15, 0.2) is 11.5 Å². The molecule has 2 nitrogen and oxygen atoms in total. The zero-order valence-corrected chi connectivity index (χ0v) is 10.7. The Morgan fingerprint density at radius 1 is 0.947 bits per heavy atom. The molecular formula is C17H16O2. The van der Waals surface area contributed by atoms with Gasteiger partial charge in [0, 0.05) is 0 Å². The first-order valence-electron chi connectivity index (χ1n) is 6.52. The van der Waals surface area contributed by atoms with Gasteiger partial charge in [-0.05, 0) is 36.1 Å². The van der Waals surface area contributed by atoms with E-state index in [2.05, 4.69) is 36.4 Å². The van der Waals surface area contributed by atoms with E-state index >= 15 is 0 Å². The molecule has 2 aromatic carbocycles. The molecule has 1 aliphatic heterocycles. The summed E-state index contributed by atoms with van der Waals surface area (Å²) in [7, 11) is 0. The molecule has 0 atom stereocenters. The van der Waals surface area contributed by atoms with Crippen LogP contribution in [0.5, 0.6) is 11.5 Å². The van der Waals surface area contributed by atoms with Gasteiger partial charge in [-0.2, -0.15) is 0 Å². The first-order valence-corrected chi connectivity index (χ1v) is 6.52. The summed E-state index contributed by atoms with van der Waals surface area (Å²) in [6.07, 6.45) is 6.44. The lowest BCUT2D eigenvalue weighted by Gasteiger charge is -1.98. The second kappa shape index (κ2) is 5.61. The van der Waals surface area contributed by atoms with E-state index in [-0.39, 0.29) is 0 Å². The molecule has 1 heterocycles.